The summed E-state index contributed by atoms with van der Waals surface area (Å²) in [5, 5.41) is 33.9. The van der Waals surface area contributed by atoms with Crippen molar-refractivity contribution in [1.82, 2.24) is 0 Å². The lowest BCUT2D eigenvalue weighted by Crippen LogP contribution is -2.35. The second kappa shape index (κ2) is 11.2. The van der Waals surface area contributed by atoms with Crippen molar-refractivity contribution in [1.29, 1.82) is 0 Å². The molecule has 0 spiro atoms. The molecule has 3 N–H and O–H groups in total. The van der Waals surface area contributed by atoms with Gasteiger partial charge >= 0.3 is 0 Å². The molecule has 5 rings (SSSR count). The lowest BCUT2D eigenvalue weighted by atomic mass is 9.61. The Morgan fingerprint density at radius 1 is 1.16 bits per heavy atom. The molecule has 0 unspecified atom stereocenters. The number of aliphatic hydroxyl groups is 3. The highest BCUT2D eigenvalue weighted by Crippen LogP contribution is 2.60. The summed E-state index contributed by atoms with van der Waals surface area (Å²) in [7, 11) is 0. The molecule has 0 amide bonds. The van der Waals surface area contributed by atoms with Crippen LogP contribution in [0.3, 0.4) is 0 Å². The van der Waals surface area contributed by atoms with Crippen molar-refractivity contribution in [2.75, 3.05) is 0 Å². The SMILES string of the molecule is C=C1C(=CC=C2CCC[C@]3(C)[C@@H]([C@H](C)C=C[C@H](O)C4(c5cc(CCC)cs5)CC4)CC[C@@H]23)C[C@@H](O)C[C@@H]1O. The van der Waals surface area contributed by atoms with Gasteiger partial charge in [-0.05, 0) is 109 Å². The van der Waals surface area contributed by atoms with Crippen LogP contribution in [-0.2, 0) is 11.8 Å². The number of fused-ring (bicyclic) bond motifs is 1. The Balaban J connectivity index is 1.27. The minimum absolute atomic E-state index is 0.0481. The number of allylic oxidation sites excluding steroid dienone is 4. The summed E-state index contributed by atoms with van der Waals surface area (Å²) in [4.78, 5) is 1.37. The van der Waals surface area contributed by atoms with Crippen LogP contribution in [0, 0.1) is 23.2 Å². The van der Waals surface area contributed by atoms with Gasteiger partial charge < -0.3 is 15.3 Å². The molecule has 0 radical (unpaired) electrons. The predicted octanol–water partition coefficient (Wildman–Crippen LogP) is 7.43. The molecule has 1 aromatic rings. The third kappa shape index (κ3) is 5.31. The molecule has 7 atom stereocenters. The molecule has 4 heteroatoms. The van der Waals surface area contributed by atoms with E-state index in [9.17, 15) is 15.3 Å². The Labute approximate surface area is 234 Å². The first-order chi connectivity index (χ1) is 18.2. The molecule has 4 fully saturated rings. The van der Waals surface area contributed by atoms with E-state index in [1.54, 1.807) is 0 Å². The third-order valence-electron chi connectivity index (χ3n) is 10.6. The quantitative estimate of drug-likeness (QED) is 0.303. The maximum Gasteiger partial charge on any atom is 0.0825 e. The molecule has 4 saturated carbocycles. The molecule has 1 aromatic heterocycles. The second-order valence-electron chi connectivity index (χ2n) is 13.1. The zero-order valence-electron chi connectivity index (χ0n) is 23.7. The molecule has 3 nitrogen and oxygen atoms in total. The van der Waals surface area contributed by atoms with E-state index in [2.05, 4.69) is 63.1 Å². The normalized spacial score (nSPS) is 36.6. The van der Waals surface area contributed by atoms with Gasteiger partial charge in [0.25, 0.3) is 0 Å². The van der Waals surface area contributed by atoms with Gasteiger partial charge in [-0.25, -0.2) is 0 Å². The minimum Gasteiger partial charge on any atom is -0.393 e. The largest absolute Gasteiger partial charge is 0.393 e. The fourth-order valence-corrected chi connectivity index (χ4v) is 9.33. The topological polar surface area (TPSA) is 60.7 Å². The van der Waals surface area contributed by atoms with E-state index in [4.69, 9.17) is 0 Å². The number of aliphatic hydroxyl groups excluding tert-OH is 3. The van der Waals surface area contributed by atoms with E-state index in [1.807, 2.05) is 11.3 Å². The number of hydrogen-bond acceptors (Lipinski definition) is 4. The fraction of sp³-hybridized carbons (Fsp3) is 0.647. The van der Waals surface area contributed by atoms with Crippen molar-refractivity contribution >= 4 is 11.3 Å². The molecule has 4 aliphatic rings. The van der Waals surface area contributed by atoms with Gasteiger partial charge in [0, 0.05) is 16.7 Å². The van der Waals surface area contributed by atoms with Gasteiger partial charge in [-0.3, -0.25) is 0 Å². The first-order valence-electron chi connectivity index (χ1n) is 15.1. The molecule has 0 aromatic carbocycles. The first kappa shape index (κ1) is 28.1. The van der Waals surface area contributed by atoms with E-state index < -0.39 is 18.3 Å². The van der Waals surface area contributed by atoms with Crippen molar-refractivity contribution in [2.24, 2.45) is 23.2 Å². The van der Waals surface area contributed by atoms with Crippen molar-refractivity contribution in [2.45, 2.75) is 115 Å². The second-order valence-corrected chi connectivity index (χ2v) is 14.0. The van der Waals surface area contributed by atoms with Gasteiger partial charge in [0.1, 0.15) is 0 Å². The van der Waals surface area contributed by atoms with Gasteiger partial charge in [-0.1, -0.05) is 63.6 Å². The van der Waals surface area contributed by atoms with Crippen LogP contribution in [-0.4, -0.2) is 33.6 Å². The fourth-order valence-electron chi connectivity index (χ4n) is 8.09. The Bertz CT molecular complexity index is 1100. The van der Waals surface area contributed by atoms with E-state index in [-0.39, 0.29) is 10.8 Å². The highest BCUT2D eigenvalue weighted by Gasteiger charge is 2.52. The van der Waals surface area contributed by atoms with Crippen LogP contribution in [0.2, 0.25) is 0 Å². The monoisotopic (exact) mass is 536 g/mol. The lowest BCUT2D eigenvalue weighted by Gasteiger charge is -2.44. The molecule has 1 heterocycles. The molecule has 38 heavy (non-hydrogen) atoms. The molecule has 208 valence electrons. The Kier molecular flexibility index (Phi) is 8.27. The summed E-state index contributed by atoms with van der Waals surface area (Å²) in [5.41, 5.74) is 4.95. The maximum atomic E-state index is 11.3. The van der Waals surface area contributed by atoms with Crippen molar-refractivity contribution in [3.05, 3.63) is 69.5 Å². The summed E-state index contributed by atoms with van der Waals surface area (Å²) in [6.45, 7) is 11.2. The molecule has 0 aliphatic heterocycles. The predicted molar refractivity (Wildman–Crippen MR) is 158 cm³/mol. The molecular weight excluding hydrogens is 488 g/mol. The Hall–Kier alpha value is -1.46. The van der Waals surface area contributed by atoms with Crippen LogP contribution in [0.25, 0.3) is 0 Å². The molecule has 0 saturated heterocycles. The van der Waals surface area contributed by atoms with Gasteiger partial charge in [0.15, 0.2) is 0 Å². The number of hydrogen-bond donors (Lipinski definition) is 3. The van der Waals surface area contributed by atoms with Crippen LogP contribution in [0.4, 0.5) is 0 Å². The summed E-state index contributed by atoms with van der Waals surface area (Å²) >= 11 is 1.84. The Morgan fingerprint density at radius 2 is 1.95 bits per heavy atom. The zero-order valence-corrected chi connectivity index (χ0v) is 24.5. The third-order valence-corrected chi connectivity index (χ3v) is 11.8. The average molecular weight is 537 g/mol. The average Bonchev–Trinajstić information content (AvgIpc) is 3.42. The standard InChI is InChI=1S/C34H48O3S/c1-5-7-24-18-32(38-21-24)34(16-17-34)31(37)14-9-22(2)28-12-13-29-25(8-6-15-33(28,29)4)10-11-26-19-27(35)20-30(36)23(26)3/h9-11,14,18,21-22,27-31,35-37H,3,5-8,12-13,15-17,19-20H2,1-2,4H3/t22-,27-,28-,29+,30+,31+,33-/m1/s1. The van der Waals surface area contributed by atoms with Crippen molar-refractivity contribution in [3.8, 4) is 0 Å². The van der Waals surface area contributed by atoms with Crippen LogP contribution in [0.15, 0.2) is 59.0 Å². The lowest BCUT2D eigenvalue weighted by molar-refractivity contribution is 0.0862. The molecular formula is C34H48O3S. The number of rotatable bonds is 8. The van der Waals surface area contributed by atoms with E-state index >= 15 is 0 Å². The van der Waals surface area contributed by atoms with Crippen LogP contribution in [0.5, 0.6) is 0 Å². The highest BCUT2D eigenvalue weighted by molar-refractivity contribution is 7.10. The zero-order chi connectivity index (χ0) is 27.1. The summed E-state index contributed by atoms with van der Waals surface area (Å²) in [6.07, 6.45) is 18.9. The smallest absolute Gasteiger partial charge is 0.0825 e. The van der Waals surface area contributed by atoms with E-state index in [0.717, 1.165) is 36.8 Å². The van der Waals surface area contributed by atoms with Gasteiger partial charge in [-0.2, -0.15) is 0 Å². The van der Waals surface area contributed by atoms with Crippen molar-refractivity contribution in [3.63, 3.8) is 0 Å². The van der Waals surface area contributed by atoms with Crippen LogP contribution in [0.1, 0.15) is 95.4 Å². The van der Waals surface area contributed by atoms with Crippen LogP contribution < -0.4 is 0 Å². The van der Waals surface area contributed by atoms with E-state index in [1.165, 1.54) is 48.1 Å². The maximum absolute atomic E-state index is 11.3. The number of aryl methyl sites for hydroxylation is 1. The highest BCUT2D eigenvalue weighted by atomic mass is 32.1. The minimum atomic E-state index is -0.633. The molecule has 0 bridgehead atoms. The number of thiophene rings is 1. The summed E-state index contributed by atoms with van der Waals surface area (Å²) in [6, 6.07) is 2.35. The van der Waals surface area contributed by atoms with E-state index in [0.29, 0.717) is 30.6 Å². The molecule has 4 aliphatic carbocycles. The summed E-state index contributed by atoms with van der Waals surface area (Å²) in [5.74, 6) is 1.65. The van der Waals surface area contributed by atoms with Crippen LogP contribution >= 0.6 is 11.3 Å². The Morgan fingerprint density at radius 3 is 2.68 bits per heavy atom. The van der Waals surface area contributed by atoms with Gasteiger partial charge in [0.05, 0.1) is 18.3 Å². The first-order valence-corrected chi connectivity index (χ1v) is 15.9. The summed E-state index contributed by atoms with van der Waals surface area (Å²) < 4.78 is 0. The van der Waals surface area contributed by atoms with Crippen molar-refractivity contribution < 1.29 is 15.3 Å². The van der Waals surface area contributed by atoms with Gasteiger partial charge in [0.2, 0.25) is 0 Å². The van der Waals surface area contributed by atoms with Gasteiger partial charge in [-0.15, -0.1) is 11.3 Å².